The zero-order valence-electron chi connectivity index (χ0n) is 15.4. The Kier molecular flexibility index (Phi) is 8.29. The van der Waals surface area contributed by atoms with Gasteiger partial charge in [0.15, 0.2) is 6.10 Å². The third-order valence-electron chi connectivity index (χ3n) is 3.28. The van der Waals surface area contributed by atoms with Crippen molar-refractivity contribution in [1.82, 2.24) is 5.32 Å². The number of rotatable bonds is 7. The van der Waals surface area contributed by atoms with Gasteiger partial charge in [-0.3, -0.25) is 23.7 Å². The van der Waals surface area contributed by atoms with Crippen molar-refractivity contribution < 1.29 is 55.3 Å². The summed E-state index contributed by atoms with van der Waals surface area (Å²) in [6.45, 7) is 3.59. The maximum absolute atomic E-state index is 11.5. The number of hydrogen-bond donors (Lipinski definition) is 2. The molecule has 0 radical (unpaired) electrons. The summed E-state index contributed by atoms with van der Waals surface area (Å²) in [6.07, 6.45) is -6.35. The summed E-state index contributed by atoms with van der Waals surface area (Å²) in [7, 11) is -5.09. The van der Waals surface area contributed by atoms with Gasteiger partial charge in [0.1, 0.15) is 24.9 Å². The molecule has 2 N–H and O–H groups in total. The largest absolute Gasteiger partial charge is 0.463 e. The van der Waals surface area contributed by atoms with E-state index >= 15 is 0 Å². The van der Waals surface area contributed by atoms with E-state index < -0.39 is 71.5 Å². The lowest BCUT2D eigenvalue weighted by molar-refractivity contribution is -0.263. The summed E-state index contributed by atoms with van der Waals surface area (Å²) < 4.78 is 56.3. The van der Waals surface area contributed by atoms with Gasteiger partial charge >= 0.3 is 28.3 Å². The first-order valence-corrected chi connectivity index (χ1v) is 9.22. The van der Waals surface area contributed by atoms with Gasteiger partial charge in [-0.2, -0.15) is 8.42 Å². The zero-order chi connectivity index (χ0) is 21.6. The zero-order valence-corrected chi connectivity index (χ0v) is 16.3. The predicted octanol–water partition coefficient (Wildman–Crippen LogP) is -1.54. The van der Waals surface area contributed by atoms with Crippen molar-refractivity contribution in [3.05, 3.63) is 0 Å². The van der Waals surface area contributed by atoms with E-state index in [0.717, 1.165) is 27.7 Å². The minimum atomic E-state index is -5.09. The van der Waals surface area contributed by atoms with Crippen molar-refractivity contribution in [1.29, 1.82) is 0 Å². The fourth-order valence-electron chi connectivity index (χ4n) is 2.48. The van der Waals surface area contributed by atoms with Crippen LogP contribution in [-0.2, 0) is 52.7 Å². The van der Waals surface area contributed by atoms with Crippen molar-refractivity contribution in [2.75, 3.05) is 6.61 Å². The van der Waals surface area contributed by atoms with Gasteiger partial charge in [0.05, 0.1) is 0 Å². The van der Waals surface area contributed by atoms with Crippen LogP contribution < -0.4 is 5.32 Å². The molecule has 1 rings (SSSR count). The van der Waals surface area contributed by atoms with E-state index in [-0.39, 0.29) is 0 Å². The van der Waals surface area contributed by atoms with Gasteiger partial charge in [-0.05, 0) is 0 Å². The molecule has 0 aromatic heterocycles. The lowest BCUT2D eigenvalue weighted by Gasteiger charge is -2.44. The smallest absolute Gasteiger partial charge is 0.397 e. The van der Waals surface area contributed by atoms with Gasteiger partial charge in [-0.1, -0.05) is 0 Å². The van der Waals surface area contributed by atoms with Crippen molar-refractivity contribution in [2.45, 2.75) is 58.3 Å². The molecule has 0 aliphatic carbocycles. The number of nitrogens with one attached hydrogen (secondary N) is 1. The summed E-state index contributed by atoms with van der Waals surface area (Å²) in [5.74, 6) is -3.15. The Morgan fingerprint density at radius 1 is 0.964 bits per heavy atom. The molecule has 0 unspecified atom stereocenters. The third-order valence-corrected chi connectivity index (χ3v) is 3.75. The van der Waals surface area contributed by atoms with E-state index in [1.807, 2.05) is 0 Å². The Morgan fingerprint density at radius 2 is 1.54 bits per heavy atom. The molecular weight excluding hydrogens is 406 g/mol. The highest BCUT2D eigenvalue weighted by Gasteiger charge is 2.52. The van der Waals surface area contributed by atoms with Crippen LogP contribution in [0.1, 0.15) is 27.7 Å². The average molecular weight is 427 g/mol. The third kappa shape index (κ3) is 7.75. The molecule has 0 aromatic carbocycles. The van der Waals surface area contributed by atoms with Crippen molar-refractivity contribution in [3.8, 4) is 0 Å². The molecule has 1 aliphatic rings. The second kappa shape index (κ2) is 9.77. The highest BCUT2D eigenvalue weighted by atomic mass is 32.3. The van der Waals surface area contributed by atoms with Crippen LogP contribution in [0, 0.1) is 0 Å². The molecule has 28 heavy (non-hydrogen) atoms. The molecule has 1 fully saturated rings. The highest BCUT2D eigenvalue weighted by Crippen LogP contribution is 2.28. The van der Waals surface area contributed by atoms with Crippen LogP contribution in [0.3, 0.4) is 0 Å². The van der Waals surface area contributed by atoms with Crippen molar-refractivity contribution in [3.63, 3.8) is 0 Å². The highest BCUT2D eigenvalue weighted by molar-refractivity contribution is 7.80. The number of esters is 3. The van der Waals surface area contributed by atoms with Crippen LogP contribution in [0.25, 0.3) is 0 Å². The number of carbonyl (C=O) groups excluding carboxylic acids is 4. The van der Waals surface area contributed by atoms with Crippen LogP contribution >= 0.6 is 0 Å². The van der Waals surface area contributed by atoms with E-state index in [2.05, 4.69) is 9.50 Å². The number of hydrogen-bond acceptors (Lipinski definition) is 11. The Morgan fingerprint density at radius 3 is 1.96 bits per heavy atom. The van der Waals surface area contributed by atoms with Crippen LogP contribution in [0.4, 0.5) is 0 Å². The Bertz CT molecular complexity index is 720. The van der Waals surface area contributed by atoms with Gasteiger partial charge in [0.2, 0.25) is 12.2 Å². The van der Waals surface area contributed by atoms with Crippen LogP contribution in [0.5, 0.6) is 0 Å². The van der Waals surface area contributed by atoms with Gasteiger partial charge in [-0.25, -0.2) is 4.18 Å². The molecule has 0 bridgehead atoms. The standard InChI is InChI=1S/C14H21NO12S/c1-6(16)15-11-13(24-8(3)18)12(27-28(20,21)22)10(5-23-7(2)17)26-14(11)25-9(4)19/h10-14H,5H2,1-4H3,(H,15,16)(H,20,21,22)/t10-,11-,12-,13-,14+/m1/s1. The molecule has 1 aliphatic heterocycles. The number of carbonyl (C=O) groups is 4. The van der Waals surface area contributed by atoms with Crippen molar-refractivity contribution >= 4 is 34.2 Å². The minimum absolute atomic E-state index is 0.599. The first-order chi connectivity index (χ1) is 12.8. The molecular formula is C14H21NO12S. The molecule has 1 amide bonds. The molecule has 0 aromatic rings. The summed E-state index contributed by atoms with van der Waals surface area (Å²) in [6, 6.07) is -1.40. The number of amides is 1. The average Bonchev–Trinajstić information content (AvgIpc) is 2.48. The second-order valence-corrected chi connectivity index (χ2v) is 6.79. The molecule has 1 saturated heterocycles. The Balaban J connectivity index is 3.37. The maximum Gasteiger partial charge on any atom is 0.397 e. The predicted molar refractivity (Wildman–Crippen MR) is 86.6 cm³/mol. The second-order valence-electron chi connectivity index (χ2n) is 5.74. The molecule has 5 atom stereocenters. The van der Waals surface area contributed by atoms with E-state index in [0.29, 0.717) is 0 Å². The fraction of sp³-hybridized carbons (Fsp3) is 0.714. The summed E-state index contributed by atoms with van der Waals surface area (Å²) in [5, 5.41) is 2.31. The minimum Gasteiger partial charge on any atom is -0.463 e. The quantitative estimate of drug-likeness (QED) is 0.272. The lowest BCUT2D eigenvalue weighted by Crippen LogP contribution is -2.66. The molecule has 13 nitrogen and oxygen atoms in total. The van der Waals surface area contributed by atoms with E-state index in [9.17, 15) is 27.6 Å². The molecule has 0 spiro atoms. The van der Waals surface area contributed by atoms with E-state index in [1.54, 1.807) is 0 Å². The van der Waals surface area contributed by atoms with Gasteiger partial charge in [0.25, 0.3) is 0 Å². The normalized spacial score (nSPS) is 27.4. The Labute approximate surface area is 160 Å². The summed E-state index contributed by atoms with van der Waals surface area (Å²) in [4.78, 5) is 45.5. The van der Waals surface area contributed by atoms with E-state index in [1.165, 1.54) is 0 Å². The maximum atomic E-state index is 11.5. The van der Waals surface area contributed by atoms with Crippen LogP contribution in [-0.4, -0.2) is 74.0 Å². The molecule has 0 saturated carbocycles. The lowest BCUT2D eigenvalue weighted by atomic mass is 9.96. The van der Waals surface area contributed by atoms with Crippen LogP contribution in [0.15, 0.2) is 0 Å². The van der Waals surface area contributed by atoms with Gasteiger partial charge in [0, 0.05) is 27.7 Å². The van der Waals surface area contributed by atoms with Gasteiger partial charge < -0.3 is 24.3 Å². The summed E-state index contributed by atoms with van der Waals surface area (Å²) >= 11 is 0. The van der Waals surface area contributed by atoms with Crippen LogP contribution in [0.2, 0.25) is 0 Å². The van der Waals surface area contributed by atoms with E-state index in [4.69, 9.17) is 23.5 Å². The SMILES string of the molecule is CC(=O)N[C@H]1[C@@H](OC(C)=O)O[C@H](COC(C)=O)[C@@H](OS(=O)(=O)O)[C@@H]1OC(C)=O. The molecule has 160 valence electrons. The molecule has 14 heteroatoms. The molecule has 1 heterocycles. The summed E-state index contributed by atoms with van der Waals surface area (Å²) in [5.41, 5.74) is 0. The monoisotopic (exact) mass is 427 g/mol. The Hall–Kier alpha value is -2.29. The topological polar surface area (TPSA) is 181 Å². The first-order valence-electron chi connectivity index (χ1n) is 7.86. The van der Waals surface area contributed by atoms with Gasteiger partial charge in [-0.15, -0.1) is 0 Å². The van der Waals surface area contributed by atoms with Crippen molar-refractivity contribution in [2.24, 2.45) is 0 Å². The first kappa shape index (κ1) is 23.7. The fourth-order valence-corrected chi connectivity index (χ4v) is 2.99. The number of ether oxygens (including phenoxy) is 4.